The van der Waals surface area contributed by atoms with Crippen molar-refractivity contribution >= 4 is 11.7 Å². The number of amides is 1. The van der Waals surface area contributed by atoms with Crippen LogP contribution in [0.3, 0.4) is 0 Å². The number of aliphatic hydroxyl groups is 1. The highest BCUT2D eigenvalue weighted by Gasteiger charge is 2.44. The van der Waals surface area contributed by atoms with E-state index in [9.17, 15) is 14.7 Å². The molecular weight excluding hydrogens is 344 g/mol. The summed E-state index contributed by atoms with van der Waals surface area (Å²) in [5.41, 5.74) is 0.875. The number of rotatable bonds is 9. The molecular formula is C21H30N2O4. The third kappa shape index (κ3) is 4.16. The monoisotopic (exact) mass is 374 g/mol. The second-order valence-corrected chi connectivity index (χ2v) is 6.95. The Morgan fingerprint density at radius 2 is 1.89 bits per heavy atom. The molecule has 1 aromatic rings. The number of hydrogen-bond acceptors (Lipinski definition) is 5. The molecule has 1 unspecified atom stereocenters. The van der Waals surface area contributed by atoms with Crippen LogP contribution in [-0.2, 0) is 9.59 Å². The molecule has 0 aliphatic carbocycles. The lowest BCUT2D eigenvalue weighted by Gasteiger charge is -2.30. The number of para-hydroxylation sites is 1. The largest absolute Gasteiger partial charge is 0.503 e. The van der Waals surface area contributed by atoms with Gasteiger partial charge in [-0.1, -0.05) is 45.9 Å². The zero-order chi connectivity index (χ0) is 20.1. The van der Waals surface area contributed by atoms with Gasteiger partial charge in [0.25, 0.3) is 5.91 Å². The molecule has 27 heavy (non-hydrogen) atoms. The van der Waals surface area contributed by atoms with Crippen LogP contribution in [-0.4, -0.2) is 59.9 Å². The van der Waals surface area contributed by atoms with E-state index in [1.807, 2.05) is 18.2 Å². The summed E-state index contributed by atoms with van der Waals surface area (Å²) < 4.78 is 5.47. The van der Waals surface area contributed by atoms with Gasteiger partial charge in [0, 0.05) is 24.6 Å². The van der Waals surface area contributed by atoms with Gasteiger partial charge >= 0.3 is 0 Å². The van der Waals surface area contributed by atoms with Crippen molar-refractivity contribution in [1.29, 1.82) is 0 Å². The van der Waals surface area contributed by atoms with Gasteiger partial charge in [0.1, 0.15) is 5.75 Å². The minimum atomic E-state index is -0.640. The number of carbonyl (C=O) groups is 2. The van der Waals surface area contributed by atoms with Gasteiger partial charge in [0.05, 0.1) is 18.7 Å². The number of carbonyl (C=O) groups excluding carboxylic acids is 2. The highest BCUT2D eigenvalue weighted by molar-refractivity contribution is 6.09. The standard InChI is InChI=1S/C21H30N2O4/c1-6-22(7-2)12-13-23-18(15-10-8-9-11-16(15)27-5)17(19(24)14(3)4)20(25)21(23)26/h8-11,14,18,25H,6-7,12-13H2,1-5H3. The first-order valence-corrected chi connectivity index (χ1v) is 9.50. The fourth-order valence-corrected chi connectivity index (χ4v) is 3.45. The van der Waals surface area contributed by atoms with E-state index >= 15 is 0 Å². The van der Waals surface area contributed by atoms with Gasteiger partial charge in [-0.3, -0.25) is 9.59 Å². The maximum Gasteiger partial charge on any atom is 0.290 e. The molecule has 1 aliphatic heterocycles. The molecule has 0 saturated carbocycles. The van der Waals surface area contributed by atoms with Crippen LogP contribution in [0, 0.1) is 5.92 Å². The molecule has 0 fully saturated rings. The predicted molar refractivity (Wildman–Crippen MR) is 105 cm³/mol. The Hall–Kier alpha value is -2.34. The molecule has 0 radical (unpaired) electrons. The summed E-state index contributed by atoms with van der Waals surface area (Å²) in [4.78, 5) is 29.4. The minimum Gasteiger partial charge on any atom is -0.503 e. The molecule has 1 aliphatic rings. The number of hydrogen-bond donors (Lipinski definition) is 1. The highest BCUT2D eigenvalue weighted by atomic mass is 16.5. The molecule has 2 rings (SSSR count). The van der Waals surface area contributed by atoms with Gasteiger partial charge < -0.3 is 19.6 Å². The Morgan fingerprint density at radius 1 is 1.26 bits per heavy atom. The van der Waals surface area contributed by atoms with Crippen LogP contribution in [0.25, 0.3) is 0 Å². The van der Waals surface area contributed by atoms with Crippen LogP contribution in [0.5, 0.6) is 5.75 Å². The summed E-state index contributed by atoms with van der Waals surface area (Å²) in [7, 11) is 1.56. The van der Waals surface area contributed by atoms with Gasteiger partial charge in [-0.2, -0.15) is 0 Å². The third-order valence-corrected chi connectivity index (χ3v) is 5.08. The third-order valence-electron chi connectivity index (χ3n) is 5.08. The molecule has 6 heteroatoms. The number of benzene rings is 1. The van der Waals surface area contributed by atoms with Crippen molar-refractivity contribution in [1.82, 2.24) is 9.80 Å². The number of methoxy groups -OCH3 is 1. The Labute approximate surface area is 161 Å². The second-order valence-electron chi connectivity index (χ2n) is 6.95. The van der Waals surface area contributed by atoms with Crippen LogP contribution >= 0.6 is 0 Å². The number of ketones is 1. The van der Waals surface area contributed by atoms with E-state index in [4.69, 9.17) is 4.74 Å². The summed E-state index contributed by atoms with van der Waals surface area (Å²) >= 11 is 0. The van der Waals surface area contributed by atoms with E-state index in [2.05, 4.69) is 18.7 Å². The normalized spacial score (nSPS) is 17.4. The fourth-order valence-electron chi connectivity index (χ4n) is 3.45. The molecule has 148 valence electrons. The van der Waals surface area contributed by atoms with E-state index < -0.39 is 17.7 Å². The topological polar surface area (TPSA) is 70.1 Å². The first kappa shape index (κ1) is 21.0. The predicted octanol–water partition coefficient (Wildman–Crippen LogP) is 2.96. The van der Waals surface area contributed by atoms with Gasteiger partial charge in [-0.05, 0) is 19.2 Å². The first-order valence-electron chi connectivity index (χ1n) is 9.50. The number of Topliss-reactive ketones (excluding diaryl/α,β-unsaturated/α-hetero) is 1. The Morgan fingerprint density at radius 3 is 2.44 bits per heavy atom. The van der Waals surface area contributed by atoms with E-state index in [-0.39, 0.29) is 17.3 Å². The average molecular weight is 374 g/mol. The molecule has 0 spiro atoms. The van der Waals surface area contributed by atoms with Crippen molar-refractivity contribution in [3.05, 3.63) is 41.2 Å². The lowest BCUT2D eigenvalue weighted by molar-refractivity contribution is -0.129. The van der Waals surface area contributed by atoms with Crippen LogP contribution in [0.1, 0.15) is 39.3 Å². The second kappa shape index (κ2) is 9.04. The minimum absolute atomic E-state index is 0.166. The van der Waals surface area contributed by atoms with Crippen molar-refractivity contribution in [2.24, 2.45) is 5.92 Å². The molecule has 1 heterocycles. The van der Waals surface area contributed by atoms with E-state index in [1.165, 1.54) is 0 Å². The zero-order valence-electron chi connectivity index (χ0n) is 16.9. The van der Waals surface area contributed by atoms with Crippen molar-refractivity contribution in [2.45, 2.75) is 33.7 Å². The lowest BCUT2D eigenvalue weighted by atomic mass is 9.91. The highest BCUT2D eigenvalue weighted by Crippen LogP contribution is 2.42. The SMILES string of the molecule is CCN(CC)CCN1C(=O)C(O)=C(C(=O)C(C)C)C1c1ccccc1OC. The van der Waals surface area contributed by atoms with Crippen molar-refractivity contribution in [2.75, 3.05) is 33.3 Å². The average Bonchev–Trinajstić information content (AvgIpc) is 2.92. The molecule has 0 aromatic heterocycles. The number of nitrogens with zero attached hydrogens (tertiary/aromatic N) is 2. The Bertz CT molecular complexity index is 723. The molecule has 0 saturated heterocycles. The summed E-state index contributed by atoms with van der Waals surface area (Å²) in [5.74, 6) is -0.893. The quantitative estimate of drug-likeness (QED) is 0.720. The number of likely N-dealkylation sites (N-methyl/N-ethyl adjacent to an activating group) is 1. The summed E-state index contributed by atoms with van der Waals surface area (Å²) in [5, 5.41) is 10.5. The van der Waals surface area contributed by atoms with Crippen LogP contribution < -0.4 is 4.74 Å². The number of aliphatic hydroxyl groups excluding tert-OH is 1. The molecule has 1 N–H and O–H groups in total. The van der Waals surface area contributed by atoms with E-state index in [0.717, 1.165) is 13.1 Å². The Balaban J connectivity index is 2.50. The van der Waals surface area contributed by atoms with Crippen molar-refractivity contribution in [3.8, 4) is 5.75 Å². The van der Waals surface area contributed by atoms with Gasteiger partial charge in [0.15, 0.2) is 11.5 Å². The zero-order valence-corrected chi connectivity index (χ0v) is 16.9. The van der Waals surface area contributed by atoms with Gasteiger partial charge in [0.2, 0.25) is 0 Å². The summed E-state index contributed by atoms with van der Waals surface area (Å²) in [6, 6.07) is 6.69. The number of ether oxygens (including phenoxy) is 1. The van der Waals surface area contributed by atoms with Crippen molar-refractivity contribution in [3.63, 3.8) is 0 Å². The Kier molecular flexibility index (Phi) is 7.02. The molecule has 1 atom stereocenters. The van der Waals surface area contributed by atoms with E-state index in [1.54, 1.807) is 31.9 Å². The molecule has 0 bridgehead atoms. The summed E-state index contributed by atoms with van der Waals surface area (Å²) in [6.07, 6.45) is 0. The maximum absolute atomic E-state index is 12.8. The lowest BCUT2D eigenvalue weighted by Crippen LogP contribution is -2.39. The van der Waals surface area contributed by atoms with E-state index in [0.29, 0.717) is 24.4 Å². The smallest absolute Gasteiger partial charge is 0.290 e. The molecule has 1 amide bonds. The van der Waals surface area contributed by atoms with Crippen LogP contribution in [0.4, 0.5) is 0 Å². The van der Waals surface area contributed by atoms with Crippen LogP contribution in [0.15, 0.2) is 35.6 Å². The van der Waals surface area contributed by atoms with Gasteiger partial charge in [-0.15, -0.1) is 0 Å². The van der Waals surface area contributed by atoms with Crippen LogP contribution in [0.2, 0.25) is 0 Å². The maximum atomic E-state index is 12.8. The molecule has 6 nitrogen and oxygen atoms in total. The summed E-state index contributed by atoms with van der Waals surface area (Å²) in [6.45, 7) is 10.5. The van der Waals surface area contributed by atoms with Gasteiger partial charge in [-0.25, -0.2) is 0 Å². The molecule has 1 aromatic carbocycles. The fraction of sp³-hybridized carbons (Fsp3) is 0.524. The first-order chi connectivity index (χ1) is 12.9. The van der Waals surface area contributed by atoms with Crippen molar-refractivity contribution < 1.29 is 19.4 Å².